The third-order valence-corrected chi connectivity index (χ3v) is 6.59. The Morgan fingerprint density at radius 1 is 0.757 bits per heavy atom. The van der Waals surface area contributed by atoms with Crippen molar-refractivity contribution in [1.29, 1.82) is 0 Å². The van der Waals surface area contributed by atoms with Gasteiger partial charge in [-0.3, -0.25) is 4.98 Å². The fourth-order valence-electron chi connectivity index (χ4n) is 3.65. The molecule has 5 rings (SSSR count). The molecule has 188 valence electrons. The Kier molecular flexibility index (Phi) is 6.40. The van der Waals surface area contributed by atoms with Gasteiger partial charge in [-0.2, -0.15) is 26.3 Å². The number of halogens is 6. The number of nitrogens with zero attached hydrogens (tertiary/aromatic N) is 4. The van der Waals surface area contributed by atoms with Crippen LogP contribution in [0.4, 0.5) is 26.3 Å². The van der Waals surface area contributed by atoms with Gasteiger partial charge in [0.2, 0.25) is 5.82 Å². The van der Waals surface area contributed by atoms with E-state index in [1.54, 1.807) is 12.1 Å². The molecule has 5 aromatic rings. The maximum atomic E-state index is 13.3. The number of hydrogen-bond donors (Lipinski definition) is 0. The quantitative estimate of drug-likeness (QED) is 0.172. The van der Waals surface area contributed by atoms with E-state index in [2.05, 4.69) is 15.1 Å². The fourth-order valence-corrected chi connectivity index (χ4v) is 4.65. The molecule has 0 aliphatic heterocycles. The standard InChI is InChI=1S/C26H16F6N4S/c27-25(28,29)19-8-4-7-17(11-19)18-12-21(37-15-16-5-2-1-3-6-16)23(33-14-18)24-34-22-13-20(26(30,31)32)9-10-36(22)35-24/h1-14H,15H2. The van der Waals surface area contributed by atoms with Gasteiger partial charge in [-0.25, -0.2) is 9.50 Å². The second kappa shape index (κ2) is 9.55. The first kappa shape index (κ1) is 24.8. The smallest absolute Gasteiger partial charge is 0.251 e. The second-order valence-corrected chi connectivity index (χ2v) is 9.09. The zero-order valence-corrected chi connectivity index (χ0v) is 19.6. The first-order valence-electron chi connectivity index (χ1n) is 10.9. The predicted molar refractivity (Wildman–Crippen MR) is 128 cm³/mol. The van der Waals surface area contributed by atoms with Crippen molar-refractivity contribution in [1.82, 2.24) is 19.6 Å². The molecule has 3 heterocycles. The summed E-state index contributed by atoms with van der Waals surface area (Å²) in [6.45, 7) is 0. The van der Waals surface area contributed by atoms with E-state index in [1.807, 2.05) is 30.3 Å². The van der Waals surface area contributed by atoms with Gasteiger partial charge in [0.25, 0.3) is 0 Å². The van der Waals surface area contributed by atoms with Crippen molar-refractivity contribution in [2.75, 3.05) is 0 Å². The third kappa shape index (κ3) is 5.46. The van der Waals surface area contributed by atoms with Crippen molar-refractivity contribution in [2.24, 2.45) is 0 Å². The summed E-state index contributed by atoms with van der Waals surface area (Å²) in [6.07, 6.45) is -6.45. The van der Waals surface area contributed by atoms with Crippen LogP contribution in [0.3, 0.4) is 0 Å². The molecule has 0 spiro atoms. The van der Waals surface area contributed by atoms with Gasteiger partial charge in [0.15, 0.2) is 5.65 Å². The second-order valence-electron chi connectivity index (χ2n) is 8.07. The van der Waals surface area contributed by atoms with E-state index in [-0.39, 0.29) is 11.5 Å². The lowest BCUT2D eigenvalue weighted by molar-refractivity contribution is -0.138. The fraction of sp³-hybridized carbons (Fsp3) is 0.115. The van der Waals surface area contributed by atoms with Gasteiger partial charge >= 0.3 is 12.4 Å². The topological polar surface area (TPSA) is 43.1 Å². The predicted octanol–water partition coefficient (Wildman–Crippen LogP) is 7.79. The van der Waals surface area contributed by atoms with E-state index in [9.17, 15) is 26.3 Å². The van der Waals surface area contributed by atoms with Crippen LogP contribution in [-0.2, 0) is 18.1 Å². The van der Waals surface area contributed by atoms with Crippen molar-refractivity contribution in [3.05, 3.63) is 102 Å². The molecule has 0 saturated carbocycles. The molecule has 0 aliphatic rings. The van der Waals surface area contributed by atoms with E-state index < -0.39 is 23.5 Å². The summed E-state index contributed by atoms with van der Waals surface area (Å²) >= 11 is 1.38. The van der Waals surface area contributed by atoms with E-state index in [0.717, 1.165) is 29.8 Å². The maximum Gasteiger partial charge on any atom is 0.416 e. The maximum absolute atomic E-state index is 13.3. The van der Waals surface area contributed by atoms with E-state index in [4.69, 9.17) is 0 Å². The van der Waals surface area contributed by atoms with Crippen LogP contribution in [0, 0.1) is 0 Å². The number of fused-ring (bicyclic) bond motifs is 1. The van der Waals surface area contributed by atoms with Crippen LogP contribution in [-0.4, -0.2) is 19.6 Å². The average molecular weight is 530 g/mol. The minimum absolute atomic E-state index is 0.00686. The number of pyridine rings is 2. The molecule has 0 fully saturated rings. The molecular formula is C26H16F6N4S. The van der Waals surface area contributed by atoms with Gasteiger partial charge in [-0.05, 0) is 41.5 Å². The van der Waals surface area contributed by atoms with Crippen molar-refractivity contribution in [2.45, 2.75) is 23.0 Å². The molecule has 4 nitrogen and oxygen atoms in total. The summed E-state index contributed by atoms with van der Waals surface area (Å²) in [4.78, 5) is 9.26. The monoisotopic (exact) mass is 530 g/mol. The van der Waals surface area contributed by atoms with Crippen LogP contribution >= 0.6 is 11.8 Å². The lowest BCUT2D eigenvalue weighted by Crippen LogP contribution is -2.05. The van der Waals surface area contributed by atoms with Crippen LogP contribution in [0.5, 0.6) is 0 Å². The Hall–Kier alpha value is -3.86. The zero-order valence-electron chi connectivity index (χ0n) is 18.8. The van der Waals surface area contributed by atoms with Crippen molar-refractivity contribution < 1.29 is 26.3 Å². The third-order valence-electron chi connectivity index (χ3n) is 5.49. The summed E-state index contributed by atoms with van der Waals surface area (Å²) in [5, 5.41) is 4.28. The molecule has 0 N–H and O–H groups in total. The Bertz CT molecular complexity index is 1560. The lowest BCUT2D eigenvalue weighted by Gasteiger charge is -2.11. The molecule has 11 heteroatoms. The summed E-state index contributed by atoms with van der Waals surface area (Å²) < 4.78 is 80.4. The van der Waals surface area contributed by atoms with Gasteiger partial charge in [0, 0.05) is 28.6 Å². The highest BCUT2D eigenvalue weighted by Crippen LogP contribution is 2.37. The molecule has 0 aliphatic carbocycles. The highest BCUT2D eigenvalue weighted by atomic mass is 32.2. The number of benzene rings is 2. The van der Waals surface area contributed by atoms with Crippen LogP contribution < -0.4 is 0 Å². The molecule has 2 aromatic carbocycles. The molecule has 0 unspecified atom stereocenters. The largest absolute Gasteiger partial charge is 0.416 e. The Morgan fingerprint density at radius 3 is 2.22 bits per heavy atom. The van der Waals surface area contributed by atoms with Gasteiger partial charge in [-0.1, -0.05) is 42.5 Å². The molecule has 0 radical (unpaired) electrons. The van der Waals surface area contributed by atoms with E-state index >= 15 is 0 Å². The number of thioether (sulfide) groups is 1. The average Bonchev–Trinajstić information content (AvgIpc) is 3.30. The molecule has 0 bridgehead atoms. The number of alkyl halides is 6. The van der Waals surface area contributed by atoms with Gasteiger partial charge in [-0.15, -0.1) is 16.9 Å². The molecule has 3 aromatic heterocycles. The first-order valence-corrected chi connectivity index (χ1v) is 11.8. The number of rotatable bonds is 5. The number of aromatic nitrogens is 4. The summed E-state index contributed by atoms with van der Waals surface area (Å²) in [5.41, 5.74) is 0.449. The van der Waals surface area contributed by atoms with Gasteiger partial charge in [0.05, 0.1) is 11.1 Å². The van der Waals surface area contributed by atoms with Crippen molar-refractivity contribution in [3.63, 3.8) is 0 Å². The van der Waals surface area contributed by atoms with E-state index in [0.29, 0.717) is 27.5 Å². The van der Waals surface area contributed by atoms with Crippen LogP contribution in [0.15, 0.2) is 90.1 Å². The zero-order chi connectivity index (χ0) is 26.2. The summed E-state index contributed by atoms with van der Waals surface area (Å²) in [6, 6.07) is 17.9. The minimum atomic E-state index is -4.53. The summed E-state index contributed by atoms with van der Waals surface area (Å²) in [5.74, 6) is 0.623. The lowest BCUT2D eigenvalue weighted by atomic mass is 10.0. The molecule has 37 heavy (non-hydrogen) atoms. The Morgan fingerprint density at radius 2 is 1.49 bits per heavy atom. The van der Waals surface area contributed by atoms with Crippen molar-refractivity contribution in [3.8, 4) is 22.6 Å². The highest BCUT2D eigenvalue weighted by molar-refractivity contribution is 7.98. The SMILES string of the molecule is FC(F)(F)c1cccc(-c2cnc(-c3nc4cc(C(F)(F)F)ccn4n3)c(SCc3ccccc3)c2)c1. The van der Waals surface area contributed by atoms with E-state index in [1.165, 1.54) is 34.7 Å². The Balaban J connectivity index is 1.58. The van der Waals surface area contributed by atoms with Gasteiger partial charge in [0.1, 0.15) is 5.69 Å². The number of hydrogen-bond acceptors (Lipinski definition) is 4. The Labute approximate surface area is 211 Å². The first-order chi connectivity index (χ1) is 17.6. The molecule has 0 atom stereocenters. The highest BCUT2D eigenvalue weighted by Gasteiger charge is 2.32. The minimum Gasteiger partial charge on any atom is -0.251 e. The van der Waals surface area contributed by atoms with Crippen LogP contribution in [0.25, 0.3) is 28.3 Å². The molecule has 0 amide bonds. The molecule has 0 saturated heterocycles. The normalized spacial score (nSPS) is 12.3. The van der Waals surface area contributed by atoms with Crippen LogP contribution in [0.2, 0.25) is 0 Å². The van der Waals surface area contributed by atoms with Crippen LogP contribution in [0.1, 0.15) is 16.7 Å². The van der Waals surface area contributed by atoms with Gasteiger partial charge < -0.3 is 0 Å². The van der Waals surface area contributed by atoms with Crippen molar-refractivity contribution >= 4 is 17.4 Å². The summed E-state index contributed by atoms with van der Waals surface area (Å²) in [7, 11) is 0. The molecular weight excluding hydrogens is 514 g/mol.